The van der Waals surface area contributed by atoms with Gasteiger partial charge in [0.2, 0.25) is 5.91 Å². The summed E-state index contributed by atoms with van der Waals surface area (Å²) in [6.45, 7) is 3.47. The molecule has 3 N–H and O–H groups in total. The third-order valence-corrected chi connectivity index (χ3v) is 5.54. The molecule has 3 rings (SSSR count). The first kappa shape index (κ1) is 20.4. The minimum atomic E-state index is -0.450. The Balaban J connectivity index is 1.71. The van der Waals surface area contributed by atoms with Gasteiger partial charge in [-0.1, -0.05) is 24.3 Å². The quantitative estimate of drug-likeness (QED) is 0.657. The number of piperidine rings is 1. The number of allylic oxidation sites excluding steroid dienone is 1. The van der Waals surface area contributed by atoms with E-state index in [9.17, 15) is 9.59 Å². The molecule has 0 radical (unpaired) electrons. The van der Waals surface area contributed by atoms with E-state index in [4.69, 9.17) is 9.84 Å². The van der Waals surface area contributed by atoms with Gasteiger partial charge in [-0.15, -0.1) is 0 Å². The van der Waals surface area contributed by atoms with Gasteiger partial charge in [0.05, 0.1) is 24.1 Å². The Morgan fingerprint density at radius 2 is 1.89 bits per heavy atom. The van der Waals surface area contributed by atoms with Crippen LogP contribution in [0.15, 0.2) is 36.4 Å². The van der Waals surface area contributed by atoms with Crippen LogP contribution in [-0.2, 0) is 4.79 Å². The molecule has 152 valence electrons. The zero-order valence-corrected chi connectivity index (χ0v) is 16.2. The van der Waals surface area contributed by atoms with Crippen LogP contribution in [0.4, 0.5) is 0 Å². The number of aliphatic hydroxyl groups is 1. The molecular formula is C21H29N3O4. The van der Waals surface area contributed by atoms with Crippen molar-refractivity contribution in [3.8, 4) is 5.75 Å². The lowest BCUT2D eigenvalue weighted by Gasteiger charge is -2.40. The molecule has 0 atom stereocenters. The number of fused-ring (bicyclic) bond motifs is 1. The van der Waals surface area contributed by atoms with Crippen molar-refractivity contribution < 1.29 is 19.4 Å². The second-order valence-corrected chi connectivity index (χ2v) is 7.33. The number of β-amino-alcohol motifs (C(OH)–C–C–N with tert-alkyl or cyclic N) is 1. The summed E-state index contributed by atoms with van der Waals surface area (Å²) in [5.41, 5.74) is 0.0427. The number of likely N-dealkylation sites (tertiary alicyclic amines) is 1. The van der Waals surface area contributed by atoms with Crippen LogP contribution in [-0.4, -0.2) is 67.8 Å². The van der Waals surface area contributed by atoms with Crippen molar-refractivity contribution in [2.24, 2.45) is 5.41 Å². The topological polar surface area (TPSA) is 90.9 Å². The molecule has 0 aromatic heterocycles. The third-order valence-electron chi connectivity index (χ3n) is 5.54. The maximum atomic E-state index is 13.0. The Bertz CT molecular complexity index is 711. The largest absolute Gasteiger partial charge is 0.491 e. The summed E-state index contributed by atoms with van der Waals surface area (Å²) < 4.78 is 5.75. The number of carbonyl (C=O) groups excluding carboxylic acids is 2. The van der Waals surface area contributed by atoms with Gasteiger partial charge in [0, 0.05) is 13.1 Å². The van der Waals surface area contributed by atoms with Gasteiger partial charge in [-0.2, -0.15) is 0 Å². The number of benzene rings is 1. The minimum absolute atomic E-state index is 0.0544. The van der Waals surface area contributed by atoms with Gasteiger partial charge in [0.1, 0.15) is 12.4 Å². The molecule has 1 aromatic rings. The number of rotatable bonds is 2. The van der Waals surface area contributed by atoms with Crippen LogP contribution in [0.1, 0.15) is 29.6 Å². The van der Waals surface area contributed by atoms with E-state index in [1.807, 2.05) is 18.2 Å². The number of para-hydroxylation sites is 1. The lowest BCUT2D eigenvalue weighted by Crippen LogP contribution is -2.49. The molecule has 2 aliphatic rings. The van der Waals surface area contributed by atoms with Crippen molar-refractivity contribution in [1.29, 1.82) is 0 Å². The van der Waals surface area contributed by atoms with Crippen molar-refractivity contribution in [3.05, 3.63) is 42.0 Å². The monoisotopic (exact) mass is 387 g/mol. The average Bonchev–Trinajstić information content (AvgIpc) is 2.72. The summed E-state index contributed by atoms with van der Waals surface area (Å²) in [6.07, 6.45) is 6.04. The van der Waals surface area contributed by atoms with E-state index in [-0.39, 0.29) is 18.4 Å². The smallest absolute Gasteiger partial charge is 0.255 e. The van der Waals surface area contributed by atoms with E-state index in [0.29, 0.717) is 44.0 Å². The Morgan fingerprint density at radius 3 is 2.68 bits per heavy atom. The van der Waals surface area contributed by atoms with Gasteiger partial charge < -0.3 is 25.4 Å². The number of nitrogens with one attached hydrogen (secondary N) is 2. The number of amides is 2. The van der Waals surface area contributed by atoms with E-state index in [1.54, 1.807) is 18.2 Å². The average molecular weight is 387 g/mol. The van der Waals surface area contributed by atoms with Crippen LogP contribution >= 0.6 is 0 Å². The summed E-state index contributed by atoms with van der Waals surface area (Å²) in [5.74, 6) is 0.398. The van der Waals surface area contributed by atoms with E-state index >= 15 is 0 Å². The zero-order chi connectivity index (χ0) is 19.8. The third kappa shape index (κ3) is 4.91. The molecule has 0 aliphatic carbocycles. The van der Waals surface area contributed by atoms with Crippen LogP contribution in [0.25, 0.3) is 0 Å². The lowest BCUT2D eigenvalue weighted by molar-refractivity contribution is -0.134. The molecule has 1 saturated heterocycles. The molecule has 2 heterocycles. The van der Waals surface area contributed by atoms with Gasteiger partial charge in [-0.05, 0) is 44.5 Å². The highest BCUT2D eigenvalue weighted by Crippen LogP contribution is 2.36. The van der Waals surface area contributed by atoms with Gasteiger partial charge in [0.25, 0.3) is 5.91 Å². The fourth-order valence-corrected chi connectivity index (χ4v) is 3.80. The standard InChI is InChI=1S/C21H29N3O4/c25-15-14-24-12-8-21(9-13-24)7-3-4-10-22-19(26)17-5-1-2-6-18(17)28-16-11-23-20(21)27/h1-6,25H,7-16H2,(H,22,26)(H,23,27)/b4-3+. The molecule has 0 bridgehead atoms. The number of hydrogen-bond acceptors (Lipinski definition) is 5. The highest BCUT2D eigenvalue weighted by molar-refractivity contribution is 5.97. The lowest BCUT2D eigenvalue weighted by atomic mass is 9.74. The Hall–Kier alpha value is -2.38. The maximum Gasteiger partial charge on any atom is 0.255 e. The normalized spacial score (nSPS) is 22.3. The molecule has 0 saturated carbocycles. The summed E-state index contributed by atoms with van der Waals surface area (Å²) in [6, 6.07) is 7.11. The fraction of sp³-hybridized carbons (Fsp3) is 0.524. The zero-order valence-electron chi connectivity index (χ0n) is 16.2. The van der Waals surface area contributed by atoms with Gasteiger partial charge >= 0.3 is 0 Å². The van der Waals surface area contributed by atoms with Crippen molar-refractivity contribution in [2.45, 2.75) is 19.3 Å². The van der Waals surface area contributed by atoms with E-state index in [2.05, 4.69) is 15.5 Å². The van der Waals surface area contributed by atoms with E-state index in [0.717, 1.165) is 25.9 Å². The molecule has 1 spiro atoms. The van der Waals surface area contributed by atoms with E-state index < -0.39 is 5.41 Å². The van der Waals surface area contributed by atoms with Crippen LogP contribution in [0.3, 0.4) is 0 Å². The molecule has 7 nitrogen and oxygen atoms in total. The Morgan fingerprint density at radius 1 is 1.11 bits per heavy atom. The van der Waals surface area contributed by atoms with Gasteiger partial charge in [-0.3, -0.25) is 9.59 Å². The Kier molecular flexibility index (Phi) is 7.06. The predicted molar refractivity (Wildman–Crippen MR) is 106 cm³/mol. The van der Waals surface area contributed by atoms with Crippen LogP contribution in [0.2, 0.25) is 0 Å². The number of hydrogen-bond donors (Lipinski definition) is 3. The van der Waals surface area contributed by atoms with Crippen molar-refractivity contribution >= 4 is 11.8 Å². The molecule has 28 heavy (non-hydrogen) atoms. The van der Waals surface area contributed by atoms with Crippen LogP contribution in [0.5, 0.6) is 5.75 Å². The molecule has 2 amide bonds. The summed E-state index contributed by atoms with van der Waals surface area (Å²) in [5, 5.41) is 15.0. The SMILES string of the molecule is O=C1NC/C=C/CC2(CCN(CCO)CC2)C(=O)NCCOc2ccccc21. The summed E-state index contributed by atoms with van der Waals surface area (Å²) >= 11 is 0. The van der Waals surface area contributed by atoms with Crippen molar-refractivity contribution in [3.63, 3.8) is 0 Å². The van der Waals surface area contributed by atoms with Crippen molar-refractivity contribution in [1.82, 2.24) is 15.5 Å². The summed E-state index contributed by atoms with van der Waals surface area (Å²) in [4.78, 5) is 27.6. The van der Waals surface area contributed by atoms with Gasteiger partial charge in [-0.25, -0.2) is 0 Å². The van der Waals surface area contributed by atoms with Crippen molar-refractivity contribution in [2.75, 3.05) is 45.9 Å². The van der Waals surface area contributed by atoms with Crippen LogP contribution in [0, 0.1) is 5.41 Å². The number of ether oxygens (including phenoxy) is 1. The summed E-state index contributed by atoms with van der Waals surface area (Å²) in [7, 11) is 0. The second-order valence-electron chi connectivity index (χ2n) is 7.33. The number of carbonyl (C=O) groups is 2. The molecule has 2 aliphatic heterocycles. The maximum absolute atomic E-state index is 13.0. The minimum Gasteiger partial charge on any atom is -0.491 e. The number of nitrogens with zero attached hydrogens (tertiary/aromatic N) is 1. The molecule has 0 unspecified atom stereocenters. The Labute approximate surface area is 165 Å². The second kappa shape index (κ2) is 9.71. The first-order chi connectivity index (χ1) is 13.6. The predicted octanol–water partition coefficient (Wildman–Crippen LogP) is 0.946. The number of aliphatic hydroxyl groups excluding tert-OH is 1. The highest BCUT2D eigenvalue weighted by atomic mass is 16.5. The highest BCUT2D eigenvalue weighted by Gasteiger charge is 2.40. The molecule has 1 fully saturated rings. The van der Waals surface area contributed by atoms with Crippen LogP contribution < -0.4 is 15.4 Å². The first-order valence-electron chi connectivity index (χ1n) is 9.91. The molecule has 1 aromatic carbocycles. The molecule has 7 heteroatoms. The first-order valence-corrected chi connectivity index (χ1v) is 9.91. The molecular weight excluding hydrogens is 358 g/mol. The van der Waals surface area contributed by atoms with Gasteiger partial charge in [0.15, 0.2) is 0 Å². The fourth-order valence-electron chi connectivity index (χ4n) is 3.80. The van der Waals surface area contributed by atoms with E-state index in [1.165, 1.54) is 0 Å².